The molecule has 1 aliphatic rings. The maximum Gasteiger partial charge on any atom is 0.306 e. The van der Waals surface area contributed by atoms with Crippen molar-refractivity contribution in [3.8, 4) is 11.1 Å². The van der Waals surface area contributed by atoms with Crippen LogP contribution in [-0.4, -0.2) is 45.3 Å². The van der Waals surface area contributed by atoms with Crippen molar-refractivity contribution < 1.29 is 28.6 Å². The first-order valence-electron chi connectivity index (χ1n) is 10.3. The fraction of sp³-hybridized carbons (Fsp3) is 0.375. The highest BCUT2D eigenvalue weighted by atomic mass is 16.5. The lowest BCUT2D eigenvalue weighted by molar-refractivity contribution is -0.146. The van der Waals surface area contributed by atoms with E-state index in [0.29, 0.717) is 25.2 Å². The Hall–Kier alpha value is -3.19. The van der Waals surface area contributed by atoms with Crippen LogP contribution in [0.25, 0.3) is 11.1 Å². The number of rotatable bonds is 11. The van der Waals surface area contributed by atoms with Crippen molar-refractivity contribution in [1.29, 1.82) is 0 Å². The molecule has 2 aromatic rings. The summed E-state index contributed by atoms with van der Waals surface area (Å²) in [6, 6.07) is 13.7. The van der Waals surface area contributed by atoms with Gasteiger partial charge in [0.25, 0.3) is 6.47 Å². The highest BCUT2D eigenvalue weighted by molar-refractivity contribution is 5.95. The third kappa shape index (κ3) is 5.49. The van der Waals surface area contributed by atoms with Crippen LogP contribution < -0.4 is 5.32 Å². The molecule has 0 saturated carbocycles. The van der Waals surface area contributed by atoms with Crippen LogP contribution in [0.5, 0.6) is 0 Å². The average molecular weight is 425 g/mol. The Kier molecular flexibility index (Phi) is 7.78. The Balaban J connectivity index is 1.65. The number of esters is 1. The van der Waals surface area contributed by atoms with Gasteiger partial charge in [-0.3, -0.25) is 14.4 Å². The molecule has 2 atom stereocenters. The normalized spacial score (nSPS) is 14.8. The fourth-order valence-corrected chi connectivity index (χ4v) is 3.76. The molecule has 0 radical (unpaired) electrons. The Labute approximate surface area is 181 Å². The molecule has 2 unspecified atom stereocenters. The number of fused-ring (bicyclic) bond motifs is 3. The molecule has 1 N–H and O–H groups in total. The summed E-state index contributed by atoms with van der Waals surface area (Å²) in [5.41, 5.74) is 4.87. The summed E-state index contributed by atoms with van der Waals surface area (Å²) in [4.78, 5) is 35.2. The maximum atomic E-state index is 12.6. The minimum Gasteiger partial charge on any atom is -0.467 e. The summed E-state index contributed by atoms with van der Waals surface area (Å²) in [5.74, 6) is -1.29. The lowest BCUT2D eigenvalue weighted by Crippen LogP contribution is -2.24. The minimum atomic E-state index is -0.533. The SMILES string of the molecule is COCCCOC(=O)CC(C)C(=O)Nc1ccc2c(c1)C(COC=O)c1ccccc1-2. The third-order valence-corrected chi connectivity index (χ3v) is 5.33. The second-order valence-corrected chi connectivity index (χ2v) is 7.53. The monoisotopic (exact) mass is 425 g/mol. The van der Waals surface area contributed by atoms with Crippen LogP contribution in [0.2, 0.25) is 0 Å². The van der Waals surface area contributed by atoms with Crippen LogP contribution in [0.3, 0.4) is 0 Å². The van der Waals surface area contributed by atoms with Crippen molar-refractivity contribution in [2.24, 2.45) is 5.92 Å². The molecule has 7 nitrogen and oxygen atoms in total. The van der Waals surface area contributed by atoms with E-state index in [0.717, 1.165) is 22.3 Å². The number of benzene rings is 2. The second-order valence-electron chi connectivity index (χ2n) is 7.53. The smallest absolute Gasteiger partial charge is 0.306 e. The van der Waals surface area contributed by atoms with Gasteiger partial charge in [-0.2, -0.15) is 0 Å². The van der Waals surface area contributed by atoms with Crippen molar-refractivity contribution in [3.05, 3.63) is 53.6 Å². The second kappa shape index (κ2) is 10.7. The van der Waals surface area contributed by atoms with Crippen LogP contribution in [0.1, 0.15) is 36.8 Å². The van der Waals surface area contributed by atoms with E-state index in [-0.39, 0.29) is 31.5 Å². The Morgan fingerprint density at radius 3 is 2.65 bits per heavy atom. The van der Waals surface area contributed by atoms with E-state index < -0.39 is 11.9 Å². The summed E-state index contributed by atoms with van der Waals surface area (Å²) in [7, 11) is 1.59. The lowest BCUT2D eigenvalue weighted by atomic mass is 9.97. The molecule has 0 fully saturated rings. The van der Waals surface area contributed by atoms with Crippen molar-refractivity contribution in [3.63, 3.8) is 0 Å². The Morgan fingerprint density at radius 2 is 1.87 bits per heavy atom. The number of carbonyl (C=O) groups is 3. The topological polar surface area (TPSA) is 90.9 Å². The minimum absolute atomic E-state index is 0.00496. The summed E-state index contributed by atoms with van der Waals surface area (Å²) in [6.07, 6.45) is 0.625. The molecule has 0 heterocycles. The van der Waals surface area contributed by atoms with Gasteiger partial charge in [0.1, 0.15) is 6.61 Å². The predicted octanol–water partition coefficient (Wildman–Crippen LogP) is 3.52. The maximum absolute atomic E-state index is 12.6. The van der Waals surface area contributed by atoms with Gasteiger partial charge in [0.2, 0.25) is 5.91 Å². The largest absolute Gasteiger partial charge is 0.467 e. The standard InChI is InChI=1S/C24H27NO6/c1-16(12-23(27)31-11-5-10-29-2)24(28)25-17-8-9-20-18-6-3-4-7-19(18)22(14-30-15-26)21(20)13-17/h3-4,6-9,13,15-16,22H,5,10-12,14H2,1-2H3,(H,25,28). The number of hydrogen-bond donors (Lipinski definition) is 1. The number of hydrogen-bond acceptors (Lipinski definition) is 6. The Morgan fingerprint density at radius 1 is 1.10 bits per heavy atom. The van der Waals surface area contributed by atoms with Gasteiger partial charge in [-0.15, -0.1) is 0 Å². The zero-order valence-corrected chi connectivity index (χ0v) is 17.8. The molecule has 7 heteroatoms. The van der Waals surface area contributed by atoms with E-state index in [4.69, 9.17) is 14.2 Å². The molecule has 31 heavy (non-hydrogen) atoms. The van der Waals surface area contributed by atoms with E-state index >= 15 is 0 Å². The van der Waals surface area contributed by atoms with E-state index in [1.807, 2.05) is 42.5 Å². The van der Waals surface area contributed by atoms with Gasteiger partial charge in [0.05, 0.1) is 13.0 Å². The van der Waals surface area contributed by atoms with Crippen molar-refractivity contribution >= 4 is 24.0 Å². The molecule has 164 valence electrons. The van der Waals surface area contributed by atoms with Crippen LogP contribution in [-0.2, 0) is 28.6 Å². The first-order valence-corrected chi connectivity index (χ1v) is 10.3. The van der Waals surface area contributed by atoms with Crippen molar-refractivity contribution in [2.75, 3.05) is 32.2 Å². The van der Waals surface area contributed by atoms with Gasteiger partial charge in [-0.1, -0.05) is 37.3 Å². The molecular weight excluding hydrogens is 398 g/mol. The van der Waals surface area contributed by atoms with Crippen LogP contribution in [0.4, 0.5) is 5.69 Å². The number of nitrogens with one attached hydrogen (secondary N) is 1. The Bertz CT molecular complexity index is 941. The molecule has 1 aliphatic carbocycles. The van der Waals surface area contributed by atoms with Gasteiger partial charge < -0.3 is 19.5 Å². The molecule has 3 rings (SSSR count). The van der Waals surface area contributed by atoms with Crippen molar-refractivity contribution in [1.82, 2.24) is 0 Å². The highest BCUT2D eigenvalue weighted by Crippen LogP contribution is 2.45. The third-order valence-electron chi connectivity index (χ3n) is 5.33. The van der Waals surface area contributed by atoms with Gasteiger partial charge in [0, 0.05) is 37.7 Å². The quantitative estimate of drug-likeness (QED) is 0.337. The molecule has 0 spiro atoms. The van der Waals surface area contributed by atoms with Crippen LogP contribution >= 0.6 is 0 Å². The number of methoxy groups -OCH3 is 1. The van der Waals surface area contributed by atoms with E-state index in [9.17, 15) is 14.4 Å². The summed E-state index contributed by atoms with van der Waals surface area (Å²) < 4.78 is 15.1. The van der Waals surface area contributed by atoms with Gasteiger partial charge in [0.15, 0.2) is 0 Å². The first kappa shape index (κ1) is 22.5. The van der Waals surface area contributed by atoms with Crippen molar-refractivity contribution in [2.45, 2.75) is 25.7 Å². The fourth-order valence-electron chi connectivity index (χ4n) is 3.76. The zero-order valence-electron chi connectivity index (χ0n) is 17.8. The molecule has 1 amide bonds. The highest BCUT2D eigenvalue weighted by Gasteiger charge is 2.29. The van der Waals surface area contributed by atoms with Gasteiger partial charge in [-0.25, -0.2) is 0 Å². The molecule has 0 saturated heterocycles. The summed E-state index contributed by atoms with van der Waals surface area (Å²) in [6.45, 7) is 3.16. The van der Waals surface area contributed by atoms with Gasteiger partial charge >= 0.3 is 5.97 Å². The van der Waals surface area contributed by atoms with Crippen LogP contribution in [0, 0.1) is 5.92 Å². The predicted molar refractivity (Wildman–Crippen MR) is 116 cm³/mol. The number of ether oxygens (including phenoxy) is 3. The summed E-state index contributed by atoms with van der Waals surface area (Å²) in [5, 5.41) is 2.88. The van der Waals surface area contributed by atoms with E-state index in [1.54, 1.807) is 14.0 Å². The zero-order chi connectivity index (χ0) is 22.2. The first-order chi connectivity index (χ1) is 15.0. The number of amides is 1. The lowest BCUT2D eigenvalue weighted by Gasteiger charge is -2.15. The molecule has 0 bridgehead atoms. The molecular formula is C24H27NO6. The molecule has 0 aliphatic heterocycles. The number of anilines is 1. The number of carbonyl (C=O) groups excluding carboxylic acids is 3. The molecule has 2 aromatic carbocycles. The van der Waals surface area contributed by atoms with Crippen LogP contribution in [0.15, 0.2) is 42.5 Å². The average Bonchev–Trinajstić information content (AvgIpc) is 3.08. The van der Waals surface area contributed by atoms with Gasteiger partial charge in [-0.05, 0) is 34.4 Å². The summed E-state index contributed by atoms with van der Waals surface area (Å²) >= 11 is 0. The molecule has 0 aromatic heterocycles. The van der Waals surface area contributed by atoms with E-state index in [2.05, 4.69) is 5.32 Å². The van der Waals surface area contributed by atoms with E-state index in [1.165, 1.54) is 0 Å².